The topological polar surface area (TPSA) is 76.1 Å². The zero-order valence-electron chi connectivity index (χ0n) is 14.3. The van der Waals surface area contributed by atoms with Crippen LogP contribution in [-0.2, 0) is 20.7 Å². The summed E-state index contributed by atoms with van der Waals surface area (Å²) >= 11 is 0. The zero-order valence-corrected chi connectivity index (χ0v) is 14.3. The van der Waals surface area contributed by atoms with Crippen molar-refractivity contribution in [2.45, 2.75) is 25.7 Å². The Labute approximate surface area is 142 Å². The van der Waals surface area contributed by atoms with Gasteiger partial charge >= 0.3 is 5.97 Å². The second-order valence-corrected chi connectivity index (χ2v) is 6.29. The number of likely N-dealkylation sites (tertiary alicyclic amines) is 1. The molecule has 0 aromatic heterocycles. The van der Waals surface area contributed by atoms with Crippen molar-refractivity contribution in [1.82, 2.24) is 4.90 Å². The molecule has 1 fully saturated rings. The van der Waals surface area contributed by atoms with Crippen molar-refractivity contribution in [2.24, 2.45) is 5.41 Å². The molecule has 6 nitrogen and oxygen atoms in total. The summed E-state index contributed by atoms with van der Waals surface area (Å²) < 4.78 is 10.3. The molecule has 1 unspecified atom stereocenters. The van der Waals surface area contributed by atoms with Gasteiger partial charge in [0.05, 0.1) is 13.7 Å². The first-order valence-electron chi connectivity index (χ1n) is 8.14. The van der Waals surface area contributed by atoms with Crippen LogP contribution in [0.1, 0.15) is 24.8 Å². The number of aliphatic carboxylic acids is 1. The number of piperidine rings is 1. The molecule has 1 aromatic rings. The smallest absolute Gasteiger partial charge is 0.313 e. The van der Waals surface area contributed by atoms with E-state index in [2.05, 4.69) is 0 Å². The molecule has 1 aliphatic rings. The lowest BCUT2D eigenvalue weighted by Gasteiger charge is -2.39. The number of aryl methyl sites for hydroxylation is 1. The summed E-state index contributed by atoms with van der Waals surface area (Å²) in [7, 11) is 3.10. The first-order valence-corrected chi connectivity index (χ1v) is 8.14. The predicted octanol–water partition coefficient (Wildman–Crippen LogP) is 1.97. The summed E-state index contributed by atoms with van der Waals surface area (Å²) in [5, 5.41) is 9.55. The van der Waals surface area contributed by atoms with E-state index in [4.69, 9.17) is 9.47 Å². The van der Waals surface area contributed by atoms with Gasteiger partial charge in [0.25, 0.3) is 0 Å². The van der Waals surface area contributed by atoms with Gasteiger partial charge in [-0.3, -0.25) is 9.59 Å². The third-order valence-corrected chi connectivity index (χ3v) is 4.57. The fourth-order valence-corrected chi connectivity index (χ4v) is 3.21. The van der Waals surface area contributed by atoms with Gasteiger partial charge in [-0.2, -0.15) is 0 Å². The fourth-order valence-electron chi connectivity index (χ4n) is 3.21. The van der Waals surface area contributed by atoms with Crippen LogP contribution >= 0.6 is 0 Å². The van der Waals surface area contributed by atoms with E-state index in [1.807, 2.05) is 24.3 Å². The molecule has 1 atom stereocenters. The highest BCUT2D eigenvalue weighted by Gasteiger charge is 2.43. The second kappa shape index (κ2) is 8.15. The lowest BCUT2D eigenvalue weighted by Crippen LogP contribution is -2.52. The summed E-state index contributed by atoms with van der Waals surface area (Å²) in [4.78, 5) is 25.8. The van der Waals surface area contributed by atoms with E-state index >= 15 is 0 Å². The van der Waals surface area contributed by atoms with Crippen LogP contribution in [0.5, 0.6) is 5.75 Å². The summed E-state index contributed by atoms with van der Waals surface area (Å²) in [6.07, 6.45) is 2.18. The van der Waals surface area contributed by atoms with E-state index in [9.17, 15) is 14.7 Å². The molecule has 1 heterocycles. The molecule has 0 spiro atoms. The monoisotopic (exact) mass is 335 g/mol. The van der Waals surface area contributed by atoms with Crippen LogP contribution in [0.2, 0.25) is 0 Å². The first kappa shape index (κ1) is 18.3. The molecule has 132 valence electrons. The number of carboxylic acid groups (broad SMARTS) is 1. The Morgan fingerprint density at radius 1 is 1.33 bits per heavy atom. The number of rotatable bonds is 7. The summed E-state index contributed by atoms with van der Waals surface area (Å²) in [5.41, 5.74) is 0.0413. The minimum atomic E-state index is -0.987. The van der Waals surface area contributed by atoms with Crippen LogP contribution in [-0.4, -0.2) is 55.8 Å². The van der Waals surface area contributed by atoms with Gasteiger partial charge < -0.3 is 19.5 Å². The number of ether oxygens (including phenoxy) is 2. The van der Waals surface area contributed by atoms with Gasteiger partial charge in [0.2, 0.25) is 5.91 Å². The van der Waals surface area contributed by atoms with Gasteiger partial charge in [-0.15, -0.1) is 0 Å². The van der Waals surface area contributed by atoms with Gasteiger partial charge in [-0.25, -0.2) is 0 Å². The highest BCUT2D eigenvalue weighted by molar-refractivity contribution is 5.80. The molecule has 1 N–H and O–H groups in total. The number of methoxy groups -OCH3 is 2. The largest absolute Gasteiger partial charge is 0.497 e. The van der Waals surface area contributed by atoms with Crippen LogP contribution in [0.4, 0.5) is 0 Å². The van der Waals surface area contributed by atoms with Crippen molar-refractivity contribution >= 4 is 11.9 Å². The molecular formula is C18H25NO5. The molecule has 1 saturated heterocycles. The molecule has 24 heavy (non-hydrogen) atoms. The average molecular weight is 335 g/mol. The van der Waals surface area contributed by atoms with E-state index in [0.717, 1.165) is 11.3 Å². The number of hydrogen-bond donors (Lipinski definition) is 1. The molecule has 1 aromatic carbocycles. The van der Waals surface area contributed by atoms with E-state index in [1.54, 1.807) is 12.0 Å². The van der Waals surface area contributed by atoms with Crippen molar-refractivity contribution in [1.29, 1.82) is 0 Å². The molecule has 2 rings (SSSR count). The van der Waals surface area contributed by atoms with Gasteiger partial charge in [-0.05, 0) is 37.0 Å². The highest BCUT2D eigenvalue weighted by atomic mass is 16.5. The minimum absolute atomic E-state index is 0.0146. The summed E-state index contributed by atoms with van der Waals surface area (Å²) in [6, 6.07) is 7.63. The lowest BCUT2D eigenvalue weighted by atomic mass is 9.80. The Kier molecular flexibility index (Phi) is 6.20. The van der Waals surface area contributed by atoms with E-state index in [1.165, 1.54) is 7.11 Å². The van der Waals surface area contributed by atoms with Crippen LogP contribution < -0.4 is 4.74 Å². The number of benzene rings is 1. The highest BCUT2D eigenvalue weighted by Crippen LogP contribution is 2.31. The maximum Gasteiger partial charge on any atom is 0.313 e. The summed E-state index contributed by atoms with van der Waals surface area (Å²) in [5.74, 6) is -0.142. The minimum Gasteiger partial charge on any atom is -0.497 e. The van der Waals surface area contributed by atoms with Crippen molar-refractivity contribution in [3.8, 4) is 5.75 Å². The maximum atomic E-state index is 12.5. The molecule has 0 saturated carbocycles. The van der Waals surface area contributed by atoms with Gasteiger partial charge in [0, 0.05) is 26.6 Å². The van der Waals surface area contributed by atoms with Crippen molar-refractivity contribution in [3.63, 3.8) is 0 Å². The number of amides is 1. The maximum absolute atomic E-state index is 12.5. The Bertz CT molecular complexity index is 585. The van der Waals surface area contributed by atoms with Crippen LogP contribution in [0, 0.1) is 5.41 Å². The number of carboxylic acids is 1. The normalized spacial score (nSPS) is 20.7. The molecule has 1 amide bonds. The summed E-state index contributed by atoms with van der Waals surface area (Å²) in [6.45, 7) is 0.949. The molecule has 0 aliphatic carbocycles. The Hall–Kier alpha value is -2.08. The van der Waals surface area contributed by atoms with E-state index < -0.39 is 11.4 Å². The number of carbonyl (C=O) groups excluding carboxylic acids is 1. The van der Waals surface area contributed by atoms with Crippen molar-refractivity contribution in [2.75, 3.05) is 33.9 Å². The lowest BCUT2D eigenvalue weighted by molar-refractivity contribution is -0.159. The fraction of sp³-hybridized carbons (Fsp3) is 0.556. The predicted molar refractivity (Wildman–Crippen MR) is 89.1 cm³/mol. The molecule has 6 heteroatoms. The second-order valence-electron chi connectivity index (χ2n) is 6.29. The van der Waals surface area contributed by atoms with Crippen molar-refractivity contribution < 1.29 is 24.2 Å². The van der Waals surface area contributed by atoms with Crippen LogP contribution in [0.15, 0.2) is 24.3 Å². The number of nitrogens with zero attached hydrogens (tertiary/aromatic N) is 1. The molecule has 1 aliphatic heterocycles. The first-order chi connectivity index (χ1) is 11.5. The van der Waals surface area contributed by atoms with Gasteiger partial charge in [-0.1, -0.05) is 12.1 Å². The zero-order chi connectivity index (χ0) is 17.6. The van der Waals surface area contributed by atoms with Crippen LogP contribution in [0.25, 0.3) is 0 Å². The number of hydrogen-bond acceptors (Lipinski definition) is 4. The van der Waals surface area contributed by atoms with E-state index in [-0.39, 0.29) is 19.1 Å². The van der Waals surface area contributed by atoms with Gasteiger partial charge in [0.15, 0.2) is 0 Å². The third-order valence-electron chi connectivity index (χ3n) is 4.57. The molecule has 0 bridgehead atoms. The van der Waals surface area contributed by atoms with Crippen LogP contribution in [0.3, 0.4) is 0 Å². The number of carbonyl (C=O) groups is 2. The van der Waals surface area contributed by atoms with E-state index in [0.29, 0.717) is 32.2 Å². The SMILES string of the molecule is COCC1(C(=O)O)CCCN(C(=O)CCc2cccc(OC)c2)C1. The molecule has 0 radical (unpaired) electrons. The Morgan fingerprint density at radius 3 is 2.79 bits per heavy atom. The molecular weight excluding hydrogens is 310 g/mol. The third kappa shape index (κ3) is 4.26. The Morgan fingerprint density at radius 2 is 2.12 bits per heavy atom. The van der Waals surface area contributed by atoms with Crippen molar-refractivity contribution in [3.05, 3.63) is 29.8 Å². The standard InChI is InChI=1S/C18H25NO5/c1-23-13-18(17(21)22)9-4-10-19(12-18)16(20)8-7-14-5-3-6-15(11-14)24-2/h3,5-6,11H,4,7-10,12-13H2,1-2H3,(H,21,22). The Balaban J connectivity index is 1.97. The quantitative estimate of drug-likeness (QED) is 0.824. The average Bonchev–Trinajstić information content (AvgIpc) is 2.60. The van der Waals surface area contributed by atoms with Gasteiger partial charge in [0.1, 0.15) is 11.2 Å².